The minimum atomic E-state index is -4.43. The first-order chi connectivity index (χ1) is 16.4. The first-order valence-corrected chi connectivity index (χ1v) is 13.9. The van der Waals surface area contributed by atoms with Crippen molar-refractivity contribution in [2.24, 2.45) is 0 Å². The van der Waals surface area contributed by atoms with Gasteiger partial charge in [0.1, 0.15) is 20.3 Å². The second kappa shape index (κ2) is 10.2. The third-order valence-corrected chi connectivity index (χ3v) is 5.30. The fourth-order valence-electron chi connectivity index (χ4n) is 2.90. The average Bonchev–Trinajstić information content (AvgIpc) is 3.21. The highest BCUT2D eigenvalue weighted by Crippen LogP contribution is 2.28. The van der Waals surface area contributed by atoms with Crippen LogP contribution < -0.4 is 14.8 Å². The Kier molecular flexibility index (Phi) is 7.50. The fourth-order valence-corrected chi connectivity index (χ4v) is 3.39. The van der Waals surface area contributed by atoms with Crippen molar-refractivity contribution >= 4 is 19.7 Å². The van der Waals surface area contributed by atoms with Gasteiger partial charge in [-0.1, -0.05) is 25.6 Å². The average molecular weight is 504 g/mol. The molecule has 0 unspecified atom stereocenters. The summed E-state index contributed by atoms with van der Waals surface area (Å²) in [6.45, 7) is 4.89. The Hall–Kier alpha value is -3.85. The maximum Gasteiger partial charge on any atom is 0.408 e. The molecule has 8 nitrogen and oxygen atoms in total. The smallest absolute Gasteiger partial charge is 0.408 e. The summed E-state index contributed by atoms with van der Waals surface area (Å²) in [6, 6.07) is 6.55. The first kappa shape index (κ1) is 25.8. The molecule has 0 aliphatic rings. The van der Waals surface area contributed by atoms with Gasteiger partial charge in [-0.05, 0) is 24.3 Å². The minimum Gasteiger partial charge on any atom is -0.491 e. The van der Waals surface area contributed by atoms with Gasteiger partial charge in [-0.25, -0.2) is 9.97 Å². The van der Waals surface area contributed by atoms with E-state index in [0.29, 0.717) is 21.8 Å². The van der Waals surface area contributed by atoms with E-state index in [0.717, 1.165) is 12.4 Å². The molecular weight excluding hydrogens is 479 g/mol. The van der Waals surface area contributed by atoms with Crippen molar-refractivity contribution in [2.45, 2.75) is 32.4 Å². The number of methoxy groups -OCH3 is 2. The number of carbonyl (C=O) groups excluding carboxylic acids is 1. The summed E-state index contributed by atoms with van der Waals surface area (Å²) in [5, 5.41) is 6.19. The third-order valence-electron chi connectivity index (χ3n) is 4.43. The Morgan fingerprint density at radius 2 is 1.77 bits per heavy atom. The molecule has 0 aliphatic carbocycles. The van der Waals surface area contributed by atoms with Gasteiger partial charge >= 0.3 is 6.18 Å². The van der Waals surface area contributed by atoms with Crippen LogP contribution in [0.5, 0.6) is 11.6 Å². The molecule has 12 heteroatoms. The highest BCUT2D eigenvalue weighted by atomic mass is 28.3. The molecule has 0 radical (unpaired) electrons. The van der Waals surface area contributed by atoms with Crippen molar-refractivity contribution in [2.75, 3.05) is 19.5 Å². The topological polar surface area (TPSA) is 91.2 Å². The number of pyridine rings is 2. The van der Waals surface area contributed by atoms with Gasteiger partial charge in [0.25, 0.3) is 11.8 Å². The Labute approximate surface area is 201 Å². The SMILES string of the molecule is COc1ccc(-c2ccc(C(=O)Nc3cnn(CC(F)(F)F)c3)c(C#C[Si](C)(C)C)n2)nc1OC. The standard InChI is InChI=1S/C23H24F3N5O3Si/c1-33-20-9-8-19(30-22(20)34-2)18-7-6-16(17(29-18)10-11-35(3,4)5)21(32)28-15-12-27-31(13-15)14-23(24,25)26/h6-9,12-13H,14H2,1-5H3,(H,28,32). The molecule has 0 atom stereocenters. The van der Waals surface area contributed by atoms with Crippen LogP contribution in [0.15, 0.2) is 36.7 Å². The molecular formula is C23H24F3N5O3Si. The van der Waals surface area contributed by atoms with Gasteiger partial charge in [-0.2, -0.15) is 18.3 Å². The molecule has 3 aromatic rings. The molecule has 0 bridgehead atoms. The molecule has 1 amide bonds. The van der Waals surface area contributed by atoms with Gasteiger partial charge < -0.3 is 14.8 Å². The molecule has 0 aromatic carbocycles. The largest absolute Gasteiger partial charge is 0.491 e. The Morgan fingerprint density at radius 3 is 2.40 bits per heavy atom. The molecule has 35 heavy (non-hydrogen) atoms. The second-order valence-electron chi connectivity index (χ2n) is 8.50. The monoisotopic (exact) mass is 503 g/mol. The van der Waals surface area contributed by atoms with Crippen LogP contribution >= 0.6 is 0 Å². The summed E-state index contributed by atoms with van der Waals surface area (Å²) in [4.78, 5) is 21.9. The van der Waals surface area contributed by atoms with Crippen molar-refractivity contribution in [3.8, 4) is 34.5 Å². The number of hydrogen-bond donors (Lipinski definition) is 1. The van der Waals surface area contributed by atoms with E-state index in [-0.39, 0.29) is 22.8 Å². The number of nitrogens with one attached hydrogen (secondary N) is 1. The number of nitrogens with zero attached hydrogens (tertiary/aromatic N) is 4. The summed E-state index contributed by atoms with van der Waals surface area (Å²) in [5.41, 5.74) is 4.64. The number of ether oxygens (including phenoxy) is 2. The minimum absolute atomic E-state index is 0.119. The summed E-state index contributed by atoms with van der Waals surface area (Å²) < 4.78 is 48.9. The predicted octanol–water partition coefficient (Wildman–Crippen LogP) is 4.40. The van der Waals surface area contributed by atoms with E-state index in [1.807, 2.05) is 0 Å². The zero-order chi connectivity index (χ0) is 25.8. The van der Waals surface area contributed by atoms with E-state index in [1.54, 1.807) is 24.3 Å². The fraction of sp³-hybridized carbons (Fsp3) is 0.304. The molecule has 0 spiro atoms. The molecule has 3 aromatic heterocycles. The quantitative estimate of drug-likeness (QED) is 0.396. The highest BCUT2D eigenvalue weighted by molar-refractivity contribution is 6.83. The number of alkyl halides is 3. The molecule has 0 saturated heterocycles. The molecule has 1 N–H and O–H groups in total. The van der Waals surface area contributed by atoms with Crippen LogP contribution in [-0.2, 0) is 6.54 Å². The summed E-state index contributed by atoms with van der Waals surface area (Å²) in [7, 11) is 1.15. The van der Waals surface area contributed by atoms with Crippen LogP contribution in [0.1, 0.15) is 16.1 Å². The van der Waals surface area contributed by atoms with E-state index in [2.05, 4.69) is 51.5 Å². The zero-order valence-corrected chi connectivity index (χ0v) is 20.8. The van der Waals surface area contributed by atoms with E-state index in [4.69, 9.17) is 9.47 Å². The second-order valence-corrected chi connectivity index (χ2v) is 13.2. The molecule has 0 aliphatic heterocycles. The van der Waals surface area contributed by atoms with Gasteiger partial charge in [-0.15, -0.1) is 5.54 Å². The third kappa shape index (κ3) is 7.06. The number of carbonyl (C=O) groups is 1. The van der Waals surface area contributed by atoms with Gasteiger partial charge in [0.2, 0.25) is 0 Å². The van der Waals surface area contributed by atoms with Crippen LogP contribution in [0.4, 0.5) is 18.9 Å². The lowest BCUT2D eigenvalue weighted by Crippen LogP contribution is -2.18. The van der Waals surface area contributed by atoms with E-state index >= 15 is 0 Å². The van der Waals surface area contributed by atoms with Crippen molar-refractivity contribution in [1.29, 1.82) is 0 Å². The molecule has 3 rings (SSSR count). The van der Waals surface area contributed by atoms with Crippen molar-refractivity contribution in [1.82, 2.24) is 19.7 Å². The van der Waals surface area contributed by atoms with Crippen LogP contribution in [0.3, 0.4) is 0 Å². The number of anilines is 1. The Morgan fingerprint density at radius 1 is 1.09 bits per heavy atom. The molecule has 3 heterocycles. The van der Waals surface area contributed by atoms with Crippen LogP contribution in [0.2, 0.25) is 19.6 Å². The van der Waals surface area contributed by atoms with Gasteiger partial charge in [-0.3, -0.25) is 9.48 Å². The van der Waals surface area contributed by atoms with E-state index in [1.165, 1.54) is 14.2 Å². The van der Waals surface area contributed by atoms with Gasteiger partial charge in [0, 0.05) is 6.20 Å². The lowest BCUT2D eigenvalue weighted by atomic mass is 10.1. The van der Waals surface area contributed by atoms with Crippen LogP contribution in [0.25, 0.3) is 11.4 Å². The maximum atomic E-state index is 13.0. The van der Waals surface area contributed by atoms with Crippen molar-refractivity contribution in [3.05, 3.63) is 47.9 Å². The number of hydrogen-bond acceptors (Lipinski definition) is 6. The first-order valence-electron chi connectivity index (χ1n) is 10.4. The summed E-state index contributed by atoms with van der Waals surface area (Å²) in [6.07, 6.45) is -2.18. The lowest BCUT2D eigenvalue weighted by Gasteiger charge is -2.10. The molecule has 0 saturated carbocycles. The number of halogens is 3. The van der Waals surface area contributed by atoms with Crippen molar-refractivity contribution < 1.29 is 27.4 Å². The van der Waals surface area contributed by atoms with E-state index in [9.17, 15) is 18.0 Å². The number of aromatic nitrogens is 4. The normalized spacial score (nSPS) is 11.4. The van der Waals surface area contributed by atoms with Crippen LogP contribution in [0, 0.1) is 11.5 Å². The predicted molar refractivity (Wildman–Crippen MR) is 127 cm³/mol. The zero-order valence-electron chi connectivity index (χ0n) is 19.8. The van der Waals surface area contributed by atoms with Crippen LogP contribution in [-0.4, -0.2) is 54.1 Å². The summed E-state index contributed by atoms with van der Waals surface area (Å²) in [5.74, 6) is 3.16. The van der Waals surface area contributed by atoms with E-state index < -0.39 is 26.7 Å². The van der Waals surface area contributed by atoms with Crippen molar-refractivity contribution in [3.63, 3.8) is 0 Å². The Balaban J connectivity index is 1.96. The lowest BCUT2D eigenvalue weighted by molar-refractivity contribution is -0.142. The molecule has 184 valence electrons. The summed E-state index contributed by atoms with van der Waals surface area (Å²) >= 11 is 0. The number of rotatable bonds is 6. The highest BCUT2D eigenvalue weighted by Gasteiger charge is 2.28. The maximum absolute atomic E-state index is 13.0. The molecule has 0 fully saturated rings. The van der Waals surface area contributed by atoms with Gasteiger partial charge in [0.05, 0.1) is 43.1 Å². The Bertz CT molecular complexity index is 1290. The van der Waals surface area contributed by atoms with Gasteiger partial charge in [0.15, 0.2) is 5.75 Å². The number of amides is 1.